The van der Waals surface area contributed by atoms with Crippen LogP contribution in [0.3, 0.4) is 0 Å². The Bertz CT molecular complexity index is 1050. The molecular formula is C25H26Cl2O3. The summed E-state index contributed by atoms with van der Waals surface area (Å²) >= 11 is 12.9. The van der Waals surface area contributed by atoms with Crippen LogP contribution in [0.2, 0.25) is 5.02 Å². The Morgan fingerprint density at radius 1 is 1.03 bits per heavy atom. The minimum Gasteiger partial charge on any atom is -0.495 e. The van der Waals surface area contributed by atoms with E-state index in [0.29, 0.717) is 22.1 Å². The first-order valence-corrected chi connectivity index (χ1v) is 10.5. The summed E-state index contributed by atoms with van der Waals surface area (Å²) < 4.78 is 11.0. The van der Waals surface area contributed by atoms with Crippen LogP contribution in [-0.4, -0.2) is 17.6 Å². The van der Waals surface area contributed by atoms with E-state index < -0.39 is 5.38 Å². The third-order valence-electron chi connectivity index (χ3n) is 5.46. The Kier molecular flexibility index (Phi) is 6.54. The summed E-state index contributed by atoms with van der Waals surface area (Å²) in [6.45, 7) is 8.12. The molecule has 0 radical (unpaired) electrons. The highest BCUT2D eigenvalue weighted by Crippen LogP contribution is 2.39. The molecule has 1 N–H and O–H groups in total. The third-order valence-corrected chi connectivity index (χ3v) is 6.11. The zero-order valence-corrected chi connectivity index (χ0v) is 19.3. The van der Waals surface area contributed by atoms with Crippen molar-refractivity contribution in [3.8, 4) is 11.5 Å². The quantitative estimate of drug-likeness (QED) is 0.391. The van der Waals surface area contributed by atoms with E-state index in [2.05, 4.69) is 13.8 Å². The first kappa shape index (κ1) is 22.3. The van der Waals surface area contributed by atoms with E-state index >= 15 is 0 Å². The molecule has 0 saturated carbocycles. The van der Waals surface area contributed by atoms with Gasteiger partial charge in [0, 0.05) is 5.41 Å². The van der Waals surface area contributed by atoms with E-state index in [1.165, 1.54) is 0 Å². The van der Waals surface area contributed by atoms with Gasteiger partial charge in [-0.3, -0.25) is 0 Å². The van der Waals surface area contributed by atoms with E-state index in [4.69, 9.17) is 32.7 Å². The fraction of sp³-hybridized carbons (Fsp3) is 0.280. The molecule has 3 nitrogen and oxygen atoms in total. The SMILES string of the molecule is COc1ccc(C(C)(C)C2=CC(Cl)C(=C(O)Oc3cc(C)ccc3C)C=C2)cc1Cl. The fourth-order valence-electron chi connectivity index (χ4n) is 3.38. The number of aliphatic hydroxyl groups excluding tert-OH is 1. The number of rotatable bonds is 5. The number of hydrogen-bond donors (Lipinski definition) is 1. The Balaban J connectivity index is 1.87. The van der Waals surface area contributed by atoms with Gasteiger partial charge in [-0.05, 0) is 60.4 Å². The molecule has 158 valence electrons. The molecule has 0 saturated heterocycles. The zero-order valence-electron chi connectivity index (χ0n) is 17.8. The number of benzene rings is 2. The van der Waals surface area contributed by atoms with Crippen LogP contribution < -0.4 is 9.47 Å². The van der Waals surface area contributed by atoms with Crippen molar-refractivity contribution in [2.75, 3.05) is 7.11 Å². The van der Waals surface area contributed by atoms with E-state index in [1.54, 1.807) is 13.2 Å². The lowest BCUT2D eigenvalue weighted by atomic mass is 9.75. The van der Waals surface area contributed by atoms with Crippen LogP contribution >= 0.6 is 23.2 Å². The summed E-state index contributed by atoms with van der Waals surface area (Å²) in [4.78, 5) is 0. The number of aliphatic hydroxyl groups is 1. The summed E-state index contributed by atoms with van der Waals surface area (Å²) in [6, 6.07) is 11.6. The van der Waals surface area contributed by atoms with Crippen molar-refractivity contribution in [3.63, 3.8) is 0 Å². The third kappa shape index (κ3) is 4.53. The molecule has 0 amide bonds. The van der Waals surface area contributed by atoms with Gasteiger partial charge in [0.25, 0.3) is 5.95 Å². The molecular weight excluding hydrogens is 419 g/mol. The molecule has 2 aromatic carbocycles. The van der Waals surface area contributed by atoms with Gasteiger partial charge in [0.05, 0.1) is 23.1 Å². The van der Waals surface area contributed by atoms with Gasteiger partial charge in [-0.1, -0.05) is 55.8 Å². The lowest BCUT2D eigenvalue weighted by Crippen LogP contribution is -2.23. The van der Waals surface area contributed by atoms with E-state index in [-0.39, 0.29) is 11.4 Å². The number of methoxy groups -OCH3 is 1. The van der Waals surface area contributed by atoms with Crippen LogP contribution in [0.5, 0.6) is 11.5 Å². The normalized spacial score (nSPS) is 18.1. The Morgan fingerprint density at radius 2 is 1.77 bits per heavy atom. The van der Waals surface area contributed by atoms with Crippen molar-refractivity contribution in [2.24, 2.45) is 0 Å². The number of halogens is 2. The molecule has 1 aliphatic carbocycles. The smallest absolute Gasteiger partial charge is 0.287 e. The maximum absolute atomic E-state index is 10.6. The Morgan fingerprint density at radius 3 is 2.40 bits per heavy atom. The molecule has 0 heterocycles. The number of hydrogen-bond acceptors (Lipinski definition) is 3. The lowest BCUT2D eigenvalue weighted by molar-refractivity contribution is 0.202. The minimum atomic E-state index is -0.525. The van der Waals surface area contributed by atoms with Gasteiger partial charge in [0.1, 0.15) is 11.5 Å². The molecule has 2 aromatic rings. The molecule has 1 unspecified atom stereocenters. The molecule has 3 rings (SSSR count). The summed E-state index contributed by atoms with van der Waals surface area (Å²) in [6.07, 6.45) is 5.69. The molecule has 0 fully saturated rings. The summed E-state index contributed by atoms with van der Waals surface area (Å²) in [7, 11) is 1.59. The van der Waals surface area contributed by atoms with Crippen molar-refractivity contribution < 1.29 is 14.6 Å². The van der Waals surface area contributed by atoms with Gasteiger partial charge in [-0.25, -0.2) is 0 Å². The maximum Gasteiger partial charge on any atom is 0.287 e. The summed E-state index contributed by atoms with van der Waals surface area (Å²) in [5.41, 5.74) is 4.23. The van der Waals surface area contributed by atoms with E-state index in [0.717, 1.165) is 22.3 Å². The molecule has 0 aliphatic heterocycles. The van der Waals surface area contributed by atoms with Gasteiger partial charge in [-0.15, -0.1) is 11.6 Å². The fourth-order valence-corrected chi connectivity index (χ4v) is 3.94. The molecule has 1 atom stereocenters. The number of alkyl halides is 1. The molecule has 1 aliphatic rings. The van der Waals surface area contributed by atoms with Gasteiger partial charge < -0.3 is 14.6 Å². The lowest BCUT2D eigenvalue weighted by Gasteiger charge is -2.30. The standard InChI is InChI=1S/C25H26Cl2O3/c1-15-6-7-16(2)23(12-15)30-24(28)19-10-8-17(13-20(19)26)25(3,4)18-9-11-22(29-5)21(27)14-18/h6-14,20,28H,1-5H3. The van der Waals surface area contributed by atoms with Crippen molar-refractivity contribution >= 4 is 23.2 Å². The summed E-state index contributed by atoms with van der Waals surface area (Å²) in [5, 5.41) is 10.6. The minimum absolute atomic E-state index is 0.194. The van der Waals surface area contributed by atoms with Crippen molar-refractivity contribution in [3.05, 3.63) is 93.4 Å². The molecule has 30 heavy (non-hydrogen) atoms. The van der Waals surface area contributed by atoms with Crippen molar-refractivity contribution in [1.82, 2.24) is 0 Å². The second kappa shape index (κ2) is 8.79. The average Bonchev–Trinajstić information content (AvgIpc) is 2.70. The maximum atomic E-state index is 10.6. The number of allylic oxidation sites excluding steroid dienone is 5. The van der Waals surface area contributed by atoms with Crippen LogP contribution in [0, 0.1) is 13.8 Å². The second-order valence-corrected chi connectivity index (χ2v) is 8.84. The number of ether oxygens (including phenoxy) is 2. The highest BCUT2D eigenvalue weighted by atomic mass is 35.5. The molecule has 0 bridgehead atoms. The average molecular weight is 445 g/mol. The highest BCUT2D eigenvalue weighted by molar-refractivity contribution is 6.32. The van der Waals surface area contributed by atoms with Crippen LogP contribution in [0.25, 0.3) is 0 Å². The first-order chi connectivity index (χ1) is 14.1. The number of aryl methyl sites for hydroxylation is 2. The van der Waals surface area contributed by atoms with Crippen LogP contribution in [-0.2, 0) is 5.41 Å². The Labute approximate surface area is 188 Å². The molecule has 5 heteroatoms. The second-order valence-electron chi connectivity index (χ2n) is 7.96. The van der Waals surface area contributed by atoms with Crippen molar-refractivity contribution in [2.45, 2.75) is 38.5 Å². The van der Waals surface area contributed by atoms with Crippen molar-refractivity contribution in [1.29, 1.82) is 0 Å². The topological polar surface area (TPSA) is 38.7 Å². The first-order valence-electron chi connectivity index (χ1n) is 9.70. The van der Waals surface area contributed by atoms with Gasteiger partial charge in [0.2, 0.25) is 0 Å². The van der Waals surface area contributed by atoms with Crippen LogP contribution in [0.1, 0.15) is 30.5 Å². The molecule has 0 aromatic heterocycles. The van der Waals surface area contributed by atoms with Crippen LogP contribution in [0.4, 0.5) is 0 Å². The zero-order chi connectivity index (χ0) is 22.1. The van der Waals surface area contributed by atoms with E-state index in [9.17, 15) is 5.11 Å². The van der Waals surface area contributed by atoms with Gasteiger partial charge in [-0.2, -0.15) is 0 Å². The summed E-state index contributed by atoms with van der Waals surface area (Å²) in [5.74, 6) is 1.05. The predicted octanol–water partition coefficient (Wildman–Crippen LogP) is 7.20. The highest BCUT2D eigenvalue weighted by Gasteiger charge is 2.29. The largest absolute Gasteiger partial charge is 0.495 e. The van der Waals surface area contributed by atoms with Gasteiger partial charge >= 0.3 is 0 Å². The monoisotopic (exact) mass is 444 g/mol. The predicted molar refractivity (Wildman–Crippen MR) is 124 cm³/mol. The van der Waals surface area contributed by atoms with Gasteiger partial charge in [0.15, 0.2) is 0 Å². The molecule has 0 spiro atoms. The van der Waals surface area contributed by atoms with E-state index in [1.807, 2.05) is 62.4 Å². The van der Waals surface area contributed by atoms with Crippen LogP contribution in [0.15, 0.2) is 71.7 Å². The Hall–Kier alpha value is -2.36.